The number of nitrogens with zero attached hydrogens (tertiary/aromatic N) is 1. The third-order valence-electron chi connectivity index (χ3n) is 4.28. The van der Waals surface area contributed by atoms with Crippen LogP contribution in [0.2, 0.25) is 0 Å². The van der Waals surface area contributed by atoms with Crippen LogP contribution in [0.25, 0.3) is 10.1 Å². The third kappa shape index (κ3) is 3.14. The van der Waals surface area contributed by atoms with Crippen LogP contribution in [0.15, 0.2) is 29.6 Å². The summed E-state index contributed by atoms with van der Waals surface area (Å²) in [4.78, 5) is 25.4. The van der Waals surface area contributed by atoms with E-state index in [-0.39, 0.29) is 12.3 Å². The van der Waals surface area contributed by atoms with Gasteiger partial charge in [0.1, 0.15) is 0 Å². The van der Waals surface area contributed by atoms with Gasteiger partial charge in [-0.25, -0.2) is 0 Å². The molecule has 1 saturated heterocycles. The van der Waals surface area contributed by atoms with E-state index in [1.54, 1.807) is 11.3 Å². The average molecular weight is 317 g/mol. The highest BCUT2D eigenvalue weighted by Crippen LogP contribution is 2.29. The van der Waals surface area contributed by atoms with E-state index in [1.807, 2.05) is 34.5 Å². The highest BCUT2D eigenvalue weighted by atomic mass is 32.1. The number of hydrogen-bond acceptors (Lipinski definition) is 3. The molecule has 3 rings (SSSR count). The van der Waals surface area contributed by atoms with Gasteiger partial charge in [0.25, 0.3) is 5.91 Å². The average Bonchev–Trinajstić information content (AvgIpc) is 2.96. The molecular weight excluding hydrogens is 298 g/mol. The Balaban J connectivity index is 1.73. The summed E-state index contributed by atoms with van der Waals surface area (Å²) in [5.74, 6) is -0.372. The van der Waals surface area contributed by atoms with Crippen LogP contribution in [0, 0.1) is 5.92 Å². The number of hydrogen-bond donors (Lipinski definition) is 1. The molecule has 1 aromatic heterocycles. The van der Waals surface area contributed by atoms with Crippen molar-refractivity contribution in [3.05, 3.63) is 35.2 Å². The summed E-state index contributed by atoms with van der Waals surface area (Å²) < 4.78 is 1.13. The van der Waals surface area contributed by atoms with Gasteiger partial charge in [-0.1, -0.05) is 18.2 Å². The fourth-order valence-electron chi connectivity index (χ4n) is 3.13. The highest BCUT2D eigenvalue weighted by molar-refractivity contribution is 7.17. The largest absolute Gasteiger partial charge is 0.481 e. The van der Waals surface area contributed by atoms with Gasteiger partial charge in [-0.2, -0.15) is 0 Å². The molecule has 116 valence electrons. The molecule has 5 heteroatoms. The number of piperidine rings is 1. The van der Waals surface area contributed by atoms with Crippen molar-refractivity contribution in [3.8, 4) is 0 Å². The number of carboxylic acid groups (broad SMARTS) is 1. The van der Waals surface area contributed by atoms with Crippen LogP contribution in [-0.4, -0.2) is 35.0 Å². The van der Waals surface area contributed by atoms with Crippen molar-refractivity contribution < 1.29 is 14.7 Å². The van der Waals surface area contributed by atoms with Crippen LogP contribution >= 0.6 is 11.3 Å². The van der Waals surface area contributed by atoms with E-state index in [4.69, 9.17) is 5.11 Å². The van der Waals surface area contributed by atoms with Crippen molar-refractivity contribution in [3.63, 3.8) is 0 Å². The second kappa shape index (κ2) is 6.48. The van der Waals surface area contributed by atoms with Crippen LogP contribution < -0.4 is 0 Å². The minimum absolute atomic E-state index is 0.0810. The van der Waals surface area contributed by atoms with Crippen molar-refractivity contribution >= 4 is 33.3 Å². The SMILES string of the molecule is O=C(O)CC[C@@H]1CCCN(C(=O)c2csc3ccccc23)C1. The third-order valence-corrected chi connectivity index (χ3v) is 5.25. The number of carbonyl (C=O) groups is 2. The lowest BCUT2D eigenvalue weighted by molar-refractivity contribution is -0.137. The van der Waals surface area contributed by atoms with E-state index in [0.29, 0.717) is 18.9 Å². The lowest BCUT2D eigenvalue weighted by Gasteiger charge is -2.32. The van der Waals surface area contributed by atoms with Gasteiger partial charge in [0, 0.05) is 35.0 Å². The highest BCUT2D eigenvalue weighted by Gasteiger charge is 2.26. The minimum atomic E-state index is -0.757. The molecule has 1 fully saturated rings. The van der Waals surface area contributed by atoms with Crippen molar-refractivity contribution in [2.75, 3.05) is 13.1 Å². The minimum Gasteiger partial charge on any atom is -0.481 e. The van der Waals surface area contributed by atoms with E-state index in [2.05, 4.69) is 0 Å². The summed E-state index contributed by atoms with van der Waals surface area (Å²) in [5.41, 5.74) is 0.777. The Morgan fingerprint density at radius 3 is 2.95 bits per heavy atom. The van der Waals surface area contributed by atoms with Gasteiger partial charge in [-0.15, -0.1) is 11.3 Å². The first-order valence-corrected chi connectivity index (χ1v) is 8.50. The van der Waals surface area contributed by atoms with E-state index < -0.39 is 5.97 Å². The smallest absolute Gasteiger partial charge is 0.303 e. The molecule has 0 radical (unpaired) electrons. The molecule has 1 aromatic carbocycles. The van der Waals surface area contributed by atoms with Gasteiger partial charge < -0.3 is 10.0 Å². The van der Waals surface area contributed by atoms with E-state index in [1.165, 1.54) is 0 Å². The number of rotatable bonds is 4. The summed E-state index contributed by atoms with van der Waals surface area (Å²) in [6.07, 6.45) is 2.82. The molecule has 0 saturated carbocycles. The number of likely N-dealkylation sites (tertiary alicyclic amines) is 1. The van der Waals surface area contributed by atoms with E-state index >= 15 is 0 Å². The zero-order chi connectivity index (χ0) is 15.5. The Morgan fingerprint density at radius 2 is 2.14 bits per heavy atom. The van der Waals surface area contributed by atoms with Crippen LogP contribution in [0.5, 0.6) is 0 Å². The van der Waals surface area contributed by atoms with Crippen molar-refractivity contribution in [2.45, 2.75) is 25.7 Å². The Labute approximate surface area is 133 Å². The number of fused-ring (bicyclic) bond motifs is 1. The van der Waals surface area contributed by atoms with Gasteiger partial charge in [-0.05, 0) is 31.2 Å². The first kappa shape index (κ1) is 15.0. The van der Waals surface area contributed by atoms with Crippen molar-refractivity contribution in [1.29, 1.82) is 0 Å². The maximum Gasteiger partial charge on any atom is 0.303 e. The summed E-state index contributed by atoms with van der Waals surface area (Å²) in [5, 5.41) is 11.8. The van der Waals surface area contributed by atoms with Gasteiger partial charge in [0.05, 0.1) is 5.56 Å². The molecular formula is C17H19NO3S. The van der Waals surface area contributed by atoms with Gasteiger partial charge in [0.15, 0.2) is 0 Å². The summed E-state index contributed by atoms with van der Waals surface area (Å²) in [6, 6.07) is 7.96. The van der Waals surface area contributed by atoms with Crippen molar-refractivity contribution in [2.24, 2.45) is 5.92 Å². The Kier molecular flexibility index (Phi) is 4.43. The molecule has 4 nitrogen and oxygen atoms in total. The molecule has 0 bridgehead atoms. The van der Waals surface area contributed by atoms with Crippen molar-refractivity contribution in [1.82, 2.24) is 4.90 Å². The molecule has 1 aliphatic rings. The van der Waals surface area contributed by atoms with Crippen LogP contribution in [0.4, 0.5) is 0 Å². The predicted octanol–water partition coefficient (Wildman–Crippen LogP) is 3.62. The second-order valence-electron chi connectivity index (χ2n) is 5.84. The molecule has 2 heterocycles. The molecule has 1 N–H and O–H groups in total. The van der Waals surface area contributed by atoms with Crippen LogP contribution in [0.1, 0.15) is 36.0 Å². The lowest BCUT2D eigenvalue weighted by atomic mass is 9.93. The van der Waals surface area contributed by atoms with Gasteiger partial charge in [-0.3, -0.25) is 9.59 Å². The zero-order valence-electron chi connectivity index (χ0n) is 12.3. The number of carboxylic acids is 1. The molecule has 0 aliphatic carbocycles. The Hall–Kier alpha value is -1.88. The first-order chi connectivity index (χ1) is 10.6. The maximum absolute atomic E-state index is 12.8. The second-order valence-corrected chi connectivity index (χ2v) is 6.75. The number of benzene rings is 1. The molecule has 2 aromatic rings. The lowest BCUT2D eigenvalue weighted by Crippen LogP contribution is -2.40. The number of aliphatic carboxylic acids is 1. The fraction of sp³-hybridized carbons (Fsp3) is 0.412. The number of thiophene rings is 1. The molecule has 1 aliphatic heterocycles. The Morgan fingerprint density at radius 1 is 1.32 bits per heavy atom. The van der Waals surface area contributed by atoms with Gasteiger partial charge in [0.2, 0.25) is 0 Å². The predicted molar refractivity (Wildman–Crippen MR) is 87.3 cm³/mol. The molecule has 0 unspecified atom stereocenters. The monoisotopic (exact) mass is 317 g/mol. The summed E-state index contributed by atoms with van der Waals surface area (Å²) in [7, 11) is 0. The number of amides is 1. The topological polar surface area (TPSA) is 57.6 Å². The van der Waals surface area contributed by atoms with E-state index in [9.17, 15) is 9.59 Å². The van der Waals surface area contributed by atoms with Crippen LogP contribution in [0.3, 0.4) is 0 Å². The normalized spacial score (nSPS) is 18.5. The Bertz CT molecular complexity index is 694. The quantitative estimate of drug-likeness (QED) is 0.937. The molecule has 0 spiro atoms. The van der Waals surface area contributed by atoms with Crippen LogP contribution in [-0.2, 0) is 4.79 Å². The molecule has 22 heavy (non-hydrogen) atoms. The molecule has 1 atom stereocenters. The standard InChI is InChI=1S/C17H19NO3S/c19-16(20)8-7-12-4-3-9-18(10-12)17(21)14-11-22-15-6-2-1-5-13(14)15/h1-2,5-6,11-12H,3-4,7-10H2,(H,19,20)/t12-/m0/s1. The number of carbonyl (C=O) groups excluding carboxylic acids is 1. The summed E-state index contributed by atoms with van der Waals surface area (Å²) in [6.45, 7) is 1.45. The maximum atomic E-state index is 12.8. The van der Waals surface area contributed by atoms with E-state index in [0.717, 1.165) is 35.0 Å². The summed E-state index contributed by atoms with van der Waals surface area (Å²) >= 11 is 1.60. The van der Waals surface area contributed by atoms with Gasteiger partial charge >= 0.3 is 5.97 Å². The zero-order valence-corrected chi connectivity index (χ0v) is 13.1. The first-order valence-electron chi connectivity index (χ1n) is 7.62. The fourth-order valence-corrected chi connectivity index (χ4v) is 4.06. The molecule has 1 amide bonds.